The molecule has 0 aliphatic rings. The lowest BCUT2D eigenvalue weighted by Crippen LogP contribution is -2.19. The third kappa shape index (κ3) is 7.20. The predicted molar refractivity (Wildman–Crippen MR) is 87.8 cm³/mol. The highest BCUT2D eigenvalue weighted by Gasteiger charge is 2.24. The average Bonchev–Trinajstić information content (AvgIpc) is 2.38. The lowest BCUT2D eigenvalue weighted by atomic mass is 10.2. The van der Waals surface area contributed by atoms with Crippen LogP contribution >= 0.6 is 24.6 Å². The fourth-order valence-corrected chi connectivity index (χ4v) is 3.09. The van der Waals surface area contributed by atoms with E-state index < -0.39 is 7.60 Å². The molecule has 20 heavy (non-hydrogen) atoms. The van der Waals surface area contributed by atoms with Crippen molar-refractivity contribution in [3.05, 3.63) is 35.9 Å². The second-order valence-corrected chi connectivity index (χ2v) is 5.95. The number of rotatable bonds is 8. The Morgan fingerprint density at radius 3 is 2.25 bits per heavy atom. The molecule has 0 saturated carbocycles. The van der Waals surface area contributed by atoms with Gasteiger partial charge in [-0.2, -0.15) is 0 Å². The van der Waals surface area contributed by atoms with Gasteiger partial charge in [-0.25, -0.2) is 0 Å². The number of hydrogen-bond acceptors (Lipinski definition) is 4. The Labute approximate surface area is 130 Å². The number of aliphatic imine (C=N–C) groups is 1. The average molecular weight is 365 g/mol. The Morgan fingerprint density at radius 1 is 1.20 bits per heavy atom. The van der Waals surface area contributed by atoms with Crippen molar-refractivity contribution in [2.24, 2.45) is 10.7 Å². The standard InChI is InChI=1S/C13H21N2O3P.BrH/c1-3-17-19(16,18-4-2)11-13(14)15-10-12-8-6-5-7-9-12;/h5-9H,3-4,10-11H2,1-2H3,(H2,14,15);1H. The van der Waals surface area contributed by atoms with Gasteiger partial charge in [-0.05, 0) is 19.4 Å². The molecule has 5 nitrogen and oxygen atoms in total. The van der Waals surface area contributed by atoms with Crippen LogP contribution in [0.2, 0.25) is 0 Å². The second-order valence-electron chi connectivity index (χ2n) is 3.90. The van der Waals surface area contributed by atoms with Crippen LogP contribution in [0.4, 0.5) is 0 Å². The summed E-state index contributed by atoms with van der Waals surface area (Å²) in [6, 6.07) is 9.73. The topological polar surface area (TPSA) is 73.9 Å². The summed E-state index contributed by atoms with van der Waals surface area (Å²) in [5.74, 6) is 0.286. The van der Waals surface area contributed by atoms with Gasteiger partial charge in [0, 0.05) is 0 Å². The minimum Gasteiger partial charge on any atom is -0.387 e. The second kappa shape index (κ2) is 10.1. The zero-order valence-electron chi connectivity index (χ0n) is 11.8. The van der Waals surface area contributed by atoms with Gasteiger partial charge in [-0.15, -0.1) is 17.0 Å². The van der Waals surface area contributed by atoms with Gasteiger partial charge in [0.15, 0.2) is 0 Å². The largest absolute Gasteiger partial charge is 0.387 e. The van der Waals surface area contributed by atoms with E-state index >= 15 is 0 Å². The molecule has 0 fully saturated rings. The van der Waals surface area contributed by atoms with Gasteiger partial charge in [0.05, 0.1) is 19.8 Å². The molecule has 2 N–H and O–H groups in total. The van der Waals surface area contributed by atoms with E-state index in [0.717, 1.165) is 5.56 Å². The van der Waals surface area contributed by atoms with Crippen LogP contribution in [0.15, 0.2) is 35.3 Å². The molecule has 1 aromatic carbocycles. The first-order chi connectivity index (χ1) is 9.09. The molecule has 0 radical (unpaired) electrons. The molecule has 0 aliphatic heterocycles. The molecule has 0 heterocycles. The maximum atomic E-state index is 12.2. The third-order valence-electron chi connectivity index (χ3n) is 2.31. The van der Waals surface area contributed by atoms with Crippen molar-refractivity contribution in [3.8, 4) is 0 Å². The molecule has 1 aromatic rings. The fraction of sp³-hybridized carbons (Fsp3) is 0.462. The lowest BCUT2D eigenvalue weighted by molar-refractivity contribution is 0.223. The van der Waals surface area contributed by atoms with Crippen LogP contribution in [0.5, 0.6) is 0 Å². The lowest BCUT2D eigenvalue weighted by Gasteiger charge is -2.16. The maximum absolute atomic E-state index is 12.2. The molecule has 0 aromatic heterocycles. The fourth-order valence-electron chi connectivity index (χ4n) is 1.55. The van der Waals surface area contributed by atoms with E-state index in [0.29, 0.717) is 19.8 Å². The van der Waals surface area contributed by atoms with Gasteiger partial charge in [-0.3, -0.25) is 9.56 Å². The zero-order chi connectivity index (χ0) is 14.1. The summed E-state index contributed by atoms with van der Waals surface area (Å²) in [4.78, 5) is 4.21. The molecular weight excluding hydrogens is 343 g/mol. The van der Waals surface area contributed by atoms with Crippen molar-refractivity contribution in [1.82, 2.24) is 0 Å². The Kier molecular flexibility index (Phi) is 9.76. The van der Waals surface area contributed by atoms with Crippen LogP contribution in [0.1, 0.15) is 19.4 Å². The van der Waals surface area contributed by atoms with E-state index in [4.69, 9.17) is 14.8 Å². The first-order valence-electron chi connectivity index (χ1n) is 6.30. The highest BCUT2D eigenvalue weighted by Crippen LogP contribution is 2.47. The smallest absolute Gasteiger partial charge is 0.338 e. The Balaban J connectivity index is 0.00000361. The normalized spacial score (nSPS) is 12.0. The zero-order valence-corrected chi connectivity index (χ0v) is 14.4. The summed E-state index contributed by atoms with van der Waals surface area (Å²) in [6.07, 6.45) is 0.0293. The molecule has 0 amide bonds. The minimum atomic E-state index is -3.15. The number of hydrogen-bond donors (Lipinski definition) is 1. The molecule has 0 aliphatic carbocycles. The highest BCUT2D eigenvalue weighted by molar-refractivity contribution is 8.93. The van der Waals surface area contributed by atoms with E-state index in [-0.39, 0.29) is 29.0 Å². The molecule has 0 unspecified atom stereocenters. The van der Waals surface area contributed by atoms with Crippen molar-refractivity contribution in [2.45, 2.75) is 20.4 Å². The van der Waals surface area contributed by atoms with Crippen LogP contribution in [-0.4, -0.2) is 25.2 Å². The van der Waals surface area contributed by atoms with Crippen LogP contribution in [0.25, 0.3) is 0 Å². The SMILES string of the molecule is Br.CCOP(=O)(CC(N)=NCc1ccccc1)OCC. The van der Waals surface area contributed by atoms with Gasteiger partial charge in [0.2, 0.25) is 0 Å². The van der Waals surface area contributed by atoms with Crippen molar-refractivity contribution < 1.29 is 13.6 Å². The number of benzene rings is 1. The number of nitrogens with zero attached hydrogens (tertiary/aromatic N) is 1. The number of amidine groups is 1. The minimum absolute atomic E-state index is 0. The van der Waals surface area contributed by atoms with Crippen molar-refractivity contribution in [1.29, 1.82) is 0 Å². The molecule has 0 atom stereocenters. The van der Waals surface area contributed by atoms with E-state index in [2.05, 4.69) is 4.99 Å². The summed E-state index contributed by atoms with van der Waals surface area (Å²) in [5.41, 5.74) is 6.84. The van der Waals surface area contributed by atoms with Gasteiger partial charge >= 0.3 is 7.60 Å². The van der Waals surface area contributed by atoms with Crippen molar-refractivity contribution in [3.63, 3.8) is 0 Å². The van der Waals surface area contributed by atoms with E-state index in [9.17, 15) is 4.57 Å². The van der Waals surface area contributed by atoms with Crippen LogP contribution in [0, 0.1) is 0 Å². The summed E-state index contributed by atoms with van der Waals surface area (Å²) in [5, 5.41) is 0. The first-order valence-corrected chi connectivity index (χ1v) is 8.03. The monoisotopic (exact) mass is 364 g/mol. The van der Waals surface area contributed by atoms with Crippen molar-refractivity contribution >= 4 is 30.4 Å². The molecule has 0 spiro atoms. The molecule has 0 bridgehead atoms. The molecular formula is C13H22BrN2O3P. The van der Waals surface area contributed by atoms with E-state index in [1.807, 2.05) is 30.3 Å². The maximum Gasteiger partial charge on any atom is 0.338 e. The summed E-state index contributed by atoms with van der Waals surface area (Å²) in [7, 11) is -3.15. The Hall–Kier alpha value is -0.680. The van der Waals surface area contributed by atoms with Gasteiger partial charge in [0.25, 0.3) is 0 Å². The molecule has 114 valence electrons. The van der Waals surface area contributed by atoms with Gasteiger partial charge < -0.3 is 14.8 Å². The van der Waals surface area contributed by atoms with Gasteiger partial charge in [0.1, 0.15) is 12.0 Å². The van der Waals surface area contributed by atoms with Gasteiger partial charge in [-0.1, -0.05) is 30.3 Å². The van der Waals surface area contributed by atoms with Crippen LogP contribution in [0.3, 0.4) is 0 Å². The quantitative estimate of drug-likeness (QED) is 0.435. The summed E-state index contributed by atoms with van der Waals surface area (Å²) >= 11 is 0. The molecule has 7 heteroatoms. The van der Waals surface area contributed by atoms with Crippen molar-refractivity contribution in [2.75, 3.05) is 19.4 Å². The highest BCUT2D eigenvalue weighted by atomic mass is 79.9. The summed E-state index contributed by atoms with van der Waals surface area (Å²) in [6.45, 7) is 4.64. The number of halogens is 1. The number of nitrogens with two attached hydrogens (primary N) is 1. The summed E-state index contributed by atoms with van der Waals surface area (Å²) < 4.78 is 22.6. The Morgan fingerprint density at radius 2 is 1.75 bits per heavy atom. The Bertz CT molecular complexity index is 444. The van der Waals surface area contributed by atoms with Crippen LogP contribution < -0.4 is 5.73 Å². The molecule has 0 saturated heterocycles. The first kappa shape index (κ1) is 19.3. The molecule has 1 rings (SSSR count). The third-order valence-corrected chi connectivity index (χ3v) is 4.33. The van der Waals surface area contributed by atoms with Crippen LogP contribution in [-0.2, 0) is 20.2 Å². The van der Waals surface area contributed by atoms with E-state index in [1.54, 1.807) is 13.8 Å². The predicted octanol–water partition coefficient (Wildman–Crippen LogP) is 3.39. The van der Waals surface area contributed by atoms with E-state index in [1.165, 1.54) is 0 Å².